The summed E-state index contributed by atoms with van der Waals surface area (Å²) in [4.78, 5) is 18.7. The number of aromatic nitrogens is 1. The largest absolute Gasteiger partial charge is 0.375 e. The van der Waals surface area contributed by atoms with Gasteiger partial charge in [0.05, 0.1) is 5.69 Å². The van der Waals surface area contributed by atoms with E-state index in [1.54, 1.807) is 4.90 Å². The Morgan fingerprint density at radius 2 is 2.12 bits per heavy atom. The molecular weight excluding hydrogens is 222 g/mol. The molecule has 1 aromatic heterocycles. The quantitative estimate of drug-likeness (QED) is 0.883. The molecule has 0 aliphatic heterocycles. The van der Waals surface area contributed by atoms with Gasteiger partial charge in [-0.2, -0.15) is 0 Å². The maximum atomic E-state index is 12.2. The predicted molar refractivity (Wildman–Crippen MR) is 67.7 cm³/mol. The van der Waals surface area contributed by atoms with Crippen molar-refractivity contribution in [3.63, 3.8) is 0 Å². The van der Waals surface area contributed by atoms with Gasteiger partial charge in [0.1, 0.15) is 4.88 Å². The van der Waals surface area contributed by atoms with Crippen LogP contribution in [0.4, 0.5) is 5.13 Å². The number of carbonyl (C=O) groups excluding carboxylic acids is 1. The second kappa shape index (κ2) is 4.41. The summed E-state index contributed by atoms with van der Waals surface area (Å²) in [5.74, 6) is -0.00134. The van der Waals surface area contributed by atoms with E-state index in [2.05, 4.69) is 11.9 Å². The first-order valence-corrected chi connectivity index (χ1v) is 6.12. The Morgan fingerprint density at radius 3 is 2.50 bits per heavy atom. The lowest BCUT2D eigenvalue weighted by molar-refractivity contribution is 0.0624. The van der Waals surface area contributed by atoms with E-state index in [1.165, 1.54) is 11.3 Å². The molecule has 1 aromatic rings. The minimum absolute atomic E-state index is 0.00134. The number of hydrogen-bond acceptors (Lipinski definition) is 4. The Balaban J connectivity index is 2.99. The van der Waals surface area contributed by atoms with Gasteiger partial charge in [-0.15, -0.1) is 0 Å². The zero-order valence-corrected chi connectivity index (χ0v) is 11.3. The molecule has 0 bridgehead atoms. The minimum atomic E-state index is -0.151. The summed E-state index contributed by atoms with van der Waals surface area (Å²) in [5.41, 5.74) is 6.16. The Morgan fingerprint density at radius 1 is 1.56 bits per heavy atom. The van der Waals surface area contributed by atoms with Crippen molar-refractivity contribution in [1.82, 2.24) is 9.88 Å². The van der Waals surface area contributed by atoms with Crippen molar-refractivity contribution in [2.75, 3.05) is 12.8 Å². The number of hydrogen-bond donors (Lipinski definition) is 1. The molecule has 4 nitrogen and oxygen atoms in total. The molecule has 16 heavy (non-hydrogen) atoms. The Hall–Kier alpha value is -1.10. The number of anilines is 1. The average Bonchev–Trinajstić information content (AvgIpc) is 2.55. The number of amides is 1. The Kier molecular flexibility index (Phi) is 3.57. The average molecular weight is 241 g/mol. The van der Waals surface area contributed by atoms with Gasteiger partial charge in [0.15, 0.2) is 5.13 Å². The fourth-order valence-corrected chi connectivity index (χ4v) is 2.09. The van der Waals surface area contributed by atoms with Crippen molar-refractivity contribution in [3.8, 4) is 0 Å². The van der Waals surface area contributed by atoms with Crippen LogP contribution < -0.4 is 5.73 Å². The van der Waals surface area contributed by atoms with E-state index in [4.69, 9.17) is 5.73 Å². The number of nitrogens with two attached hydrogens (primary N) is 1. The first-order chi connectivity index (χ1) is 7.29. The molecular formula is C11H19N3OS. The second-order valence-electron chi connectivity index (χ2n) is 4.50. The van der Waals surface area contributed by atoms with Crippen LogP contribution in [-0.4, -0.2) is 28.4 Å². The van der Waals surface area contributed by atoms with Crippen LogP contribution in [-0.2, 0) is 0 Å². The van der Waals surface area contributed by atoms with E-state index < -0.39 is 0 Å². The van der Waals surface area contributed by atoms with Gasteiger partial charge in [0.25, 0.3) is 5.91 Å². The summed E-state index contributed by atoms with van der Waals surface area (Å²) in [5, 5.41) is 0.448. The van der Waals surface area contributed by atoms with Crippen molar-refractivity contribution in [2.45, 2.75) is 39.7 Å². The molecule has 0 aliphatic carbocycles. The van der Waals surface area contributed by atoms with Crippen LogP contribution in [0.1, 0.15) is 42.6 Å². The van der Waals surface area contributed by atoms with Gasteiger partial charge in [0, 0.05) is 12.6 Å². The van der Waals surface area contributed by atoms with Gasteiger partial charge in [0.2, 0.25) is 0 Å². The van der Waals surface area contributed by atoms with Crippen LogP contribution in [0.5, 0.6) is 0 Å². The maximum Gasteiger partial charge on any atom is 0.266 e. The van der Waals surface area contributed by atoms with Gasteiger partial charge in [-0.05, 0) is 27.2 Å². The third-order valence-corrected chi connectivity index (χ3v) is 4.06. The number of carbonyl (C=O) groups is 1. The smallest absolute Gasteiger partial charge is 0.266 e. The van der Waals surface area contributed by atoms with E-state index in [-0.39, 0.29) is 11.4 Å². The molecule has 0 spiro atoms. The fourth-order valence-electron chi connectivity index (χ4n) is 1.28. The lowest BCUT2D eigenvalue weighted by Gasteiger charge is -2.34. The summed E-state index contributed by atoms with van der Waals surface area (Å²) in [6.45, 7) is 7.97. The number of thiazole rings is 1. The molecule has 1 heterocycles. The van der Waals surface area contributed by atoms with E-state index in [1.807, 2.05) is 27.8 Å². The van der Waals surface area contributed by atoms with Crippen molar-refractivity contribution in [2.24, 2.45) is 0 Å². The molecule has 0 radical (unpaired) electrons. The van der Waals surface area contributed by atoms with Crippen LogP contribution in [0, 0.1) is 6.92 Å². The lowest BCUT2D eigenvalue weighted by Crippen LogP contribution is -2.44. The van der Waals surface area contributed by atoms with Crippen LogP contribution in [0.15, 0.2) is 0 Å². The SMILES string of the molecule is CCC(C)(C)N(C)C(=O)c1sc(N)nc1C. The van der Waals surface area contributed by atoms with Crippen LogP contribution in [0.25, 0.3) is 0 Å². The van der Waals surface area contributed by atoms with Gasteiger partial charge in [-0.1, -0.05) is 18.3 Å². The van der Waals surface area contributed by atoms with E-state index in [0.717, 1.165) is 6.42 Å². The highest BCUT2D eigenvalue weighted by Gasteiger charge is 2.28. The molecule has 5 heteroatoms. The fraction of sp³-hybridized carbons (Fsp3) is 0.636. The molecule has 0 saturated heterocycles. The van der Waals surface area contributed by atoms with Crippen LogP contribution >= 0.6 is 11.3 Å². The third kappa shape index (κ3) is 2.35. The van der Waals surface area contributed by atoms with Crippen molar-refractivity contribution in [1.29, 1.82) is 0 Å². The Labute approximate surface area is 100 Å². The summed E-state index contributed by atoms with van der Waals surface area (Å²) < 4.78 is 0. The molecule has 0 unspecified atom stereocenters. The Bertz CT molecular complexity index is 398. The highest BCUT2D eigenvalue weighted by molar-refractivity contribution is 7.17. The second-order valence-corrected chi connectivity index (χ2v) is 5.53. The molecule has 0 aromatic carbocycles. The summed E-state index contributed by atoms with van der Waals surface area (Å²) in [7, 11) is 1.82. The summed E-state index contributed by atoms with van der Waals surface area (Å²) in [6.07, 6.45) is 0.905. The third-order valence-electron chi connectivity index (χ3n) is 3.09. The molecule has 1 amide bonds. The zero-order chi connectivity index (χ0) is 12.5. The molecule has 0 fully saturated rings. The lowest BCUT2D eigenvalue weighted by atomic mass is 10.00. The number of rotatable bonds is 3. The summed E-state index contributed by atoms with van der Waals surface area (Å²) >= 11 is 1.25. The van der Waals surface area contributed by atoms with Crippen molar-refractivity contribution in [3.05, 3.63) is 10.6 Å². The summed E-state index contributed by atoms with van der Waals surface area (Å²) in [6, 6.07) is 0. The highest BCUT2D eigenvalue weighted by atomic mass is 32.1. The first kappa shape index (κ1) is 13.0. The monoisotopic (exact) mass is 241 g/mol. The zero-order valence-electron chi connectivity index (χ0n) is 10.5. The molecule has 0 aliphatic rings. The van der Waals surface area contributed by atoms with Crippen molar-refractivity contribution < 1.29 is 4.79 Å². The van der Waals surface area contributed by atoms with E-state index in [9.17, 15) is 4.79 Å². The molecule has 0 atom stereocenters. The van der Waals surface area contributed by atoms with Crippen LogP contribution in [0.3, 0.4) is 0 Å². The predicted octanol–water partition coefficient (Wildman–Crippen LogP) is 2.29. The van der Waals surface area contributed by atoms with Gasteiger partial charge in [-0.25, -0.2) is 4.98 Å². The molecule has 1 rings (SSSR count). The van der Waals surface area contributed by atoms with Gasteiger partial charge < -0.3 is 10.6 Å². The normalized spacial score (nSPS) is 11.6. The topological polar surface area (TPSA) is 59.2 Å². The maximum absolute atomic E-state index is 12.2. The highest BCUT2D eigenvalue weighted by Crippen LogP contribution is 2.25. The number of nitrogen functional groups attached to an aromatic ring is 1. The van der Waals surface area contributed by atoms with Crippen molar-refractivity contribution >= 4 is 22.4 Å². The van der Waals surface area contributed by atoms with Gasteiger partial charge in [-0.3, -0.25) is 4.79 Å². The van der Waals surface area contributed by atoms with E-state index in [0.29, 0.717) is 15.7 Å². The van der Waals surface area contributed by atoms with Gasteiger partial charge >= 0.3 is 0 Å². The number of aryl methyl sites for hydroxylation is 1. The van der Waals surface area contributed by atoms with E-state index >= 15 is 0 Å². The standard InChI is InChI=1S/C11H19N3OS/c1-6-11(3,4)14(5)9(15)8-7(2)13-10(12)16-8/h6H2,1-5H3,(H2,12,13). The molecule has 90 valence electrons. The first-order valence-electron chi connectivity index (χ1n) is 5.30. The van der Waals surface area contributed by atoms with Crippen LogP contribution in [0.2, 0.25) is 0 Å². The number of nitrogens with zero attached hydrogens (tertiary/aromatic N) is 2. The molecule has 0 saturated carbocycles. The minimum Gasteiger partial charge on any atom is -0.375 e. The molecule has 2 N–H and O–H groups in total.